The number of nitrogens with zero attached hydrogens (tertiary/aromatic N) is 5. The molecule has 2 aromatic carbocycles. The maximum absolute atomic E-state index is 13.3. The molecule has 0 atom stereocenters. The molecule has 5 rings (SSSR count). The van der Waals surface area contributed by atoms with E-state index in [-0.39, 0.29) is 30.7 Å². The number of halogens is 1. The Morgan fingerprint density at radius 3 is 2.42 bits per heavy atom. The number of para-hydroxylation sites is 2. The molecule has 1 aliphatic rings. The molecule has 1 aliphatic heterocycles. The van der Waals surface area contributed by atoms with E-state index in [0.29, 0.717) is 42.3 Å². The van der Waals surface area contributed by atoms with Crippen molar-refractivity contribution in [3.8, 4) is 11.1 Å². The summed E-state index contributed by atoms with van der Waals surface area (Å²) in [6.45, 7) is 0.515. The number of fused-ring (bicyclic) bond motifs is 1. The predicted molar refractivity (Wildman–Crippen MR) is 150 cm³/mol. The third-order valence-corrected chi connectivity index (χ3v) is 7.12. The van der Waals surface area contributed by atoms with Crippen molar-refractivity contribution in [3.63, 3.8) is 0 Å². The van der Waals surface area contributed by atoms with E-state index in [4.69, 9.17) is 11.6 Å². The van der Waals surface area contributed by atoms with Crippen LogP contribution in [0, 0.1) is 0 Å². The van der Waals surface area contributed by atoms with E-state index >= 15 is 0 Å². The summed E-state index contributed by atoms with van der Waals surface area (Å²) in [5.41, 5.74) is 3.78. The molecular weight excluding hydrogens is 536 g/mol. The minimum atomic E-state index is -1.06. The molecule has 2 aromatic heterocycles. The zero-order chi connectivity index (χ0) is 28.2. The van der Waals surface area contributed by atoms with Gasteiger partial charge in [-0.15, -0.1) is 0 Å². The lowest BCUT2D eigenvalue weighted by Crippen LogP contribution is -2.48. The van der Waals surface area contributed by atoms with E-state index in [2.05, 4.69) is 20.3 Å². The molecule has 4 aromatic rings. The molecule has 40 heavy (non-hydrogen) atoms. The first-order chi connectivity index (χ1) is 19.3. The third kappa shape index (κ3) is 6.05. The molecule has 12 heteroatoms. The number of benzene rings is 2. The van der Waals surface area contributed by atoms with Crippen LogP contribution in [0.25, 0.3) is 16.8 Å². The highest BCUT2D eigenvalue weighted by Gasteiger charge is 2.28. The molecule has 1 amide bonds. The van der Waals surface area contributed by atoms with Crippen LogP contribution in [-0.2, 0) is 9.59 Å². The van der Waals surface area contributed by atoms with Crippen LogP contribution in [0.15, 0.2) is 67.0 Å². The normalized spacial score (nSPS) is 14.0. The van der Waals surface area contributed by atoms with Gasteiger partial charge in [0.05, 0.1) is 30.7 Å². The lowest BCUT2D eigenvalue weighted by Gasteiger charge is -2.38. The quantitative estimate of drug-likeness (QED) is 0.278. The lowest BCUT2D eigenvalue weighted by molar-refractivity contribution is -0.143. The monoisotopic (exact) mass is 562 g/mol. The summed E-state index contributed by atoms with van der Waals surface area (Å²) in [6.07, 6.45) is 4.55. The van der Waals surface area contributed by atoms with Gasteiger partial charge in [0, 0.05) is 35.9 Å². The zero-order valence-electron chi connectivity index (χ0n) is 21.4. The largest absolute Gasteiger partial charge is 0.480 e. The molecule has 0 radical (unpaired) electrons. The molecule has 3 N–H and O–H groups in total. The number of hydrogen-bond donors (Lipinski definition) is 3. The van der Waals surface area contributed by atoms with Gasteiger partial charge < -0.3 is 20.4 Å². The number of hydrogen-bond acceptors (Lipinski definition) is 7. The first-order valence-electron chi connectivity index (χ1n) is 12.7. The van der Waals surface area contributed by atoms with Gasteiger partial charge in [-0.05, 0) is 48.7 Å². The van der Waals surface area contributed by atoms with Crippen LogP contribution >= 0.6 is 11.6 Å². The Morgan fingerprint density at radius 2 is 1.73 bits per heavy atom. The van der Waals surface area contributed by atoms with Gasteiger partial charge in [0.2, 0.25) is 0 Å². The van der Waals surface area contributed by atoms with Crippen molar-refractivity contribution in [1.29, 1.82) is 0 Å². The second-order valence-corrected chi connectivity index (χ2v) is 9.97. The SMILES string of the molecule is O=C(O)CN(CC(=O)O)C1CCN(c2ccccc2NC(=O)c2ccn3ncc(-c4cccc(Cl)c4)c3n2)CC1. The van der Waals surface area contributed by atoms with E-state index in [0.717, 1.165) is 16.8 Å². The van der Waals surface area contributed by atoms with E-state index < -0.39 is 11.9 Å². The molecule has 3 heterocycles. The van der Waals surface area contributed by atoms with Gasteiger partial charge in [0.1, 0.15) is 5.69 Å². The van der Waals surface area contributed by atoms with Gasteiger partial charge in [-0.1, -0.05) is 35.9 Å². The number of piperidine rings is 1. The summed E-state index contributed by atoms with van der Waals surface area (Å²) in [4.78, 5) is 44.0. The van der Waals surface area contributed by atoms with E-state index in [1.807, 2.05) is 42.5 Å². The second-order valence-electron chi connectivity index (χ2n) is 9.53. The average molecular weight is 563 g/mol. The van der Waals surface area contributed by atoms with Crippen molar-refractivity contribution in [3.05, 3.63) is 77.7 Å². The Labute approximate surface area is 234 Å². The standard InChI is InChI=1S/C28H27ClN6O5/c29-19-5-3-4-18(14-19)21-15-30-35-13-10-23(31-27(21)35)28(40)32-22-6-1-2-7-24(22)33-11-8-20(9-12-33)34(16-25(36)37)17-26(38)39/h1-7,10,13-15,20H,8-9,11-12,16-17H2,(H,32,40)(H,36,37)(H,38,39). The number of anilines is 2. The number of carbonyl (C=O) groups is 3. The fourth-order valence-electron chi connectivity index (χ4n) is 5.03. The minimum Gasteiger partial charge on any atom is -0.480 e. The van der Waals surface area contributed by atoms with E-state index in [9.17, 15) is 24.6 Å². The molecule has 11 nitrogen and oxygen atoms in total. The molecule has 0 unspecified atom stereocenters. The molecule has 0 aliphatic carbocycles. The first-order valence-corrected chi connectivity index (χ1v) is 13.1. The first kappa shape index (κ1) is 27.1. The maximum Gasteiger partial charge on any atom is 0.317 e. The van der Waals surface area contributed by atoms with Crippen molar-refractivity contribution in [1.82, 2.24) is 19.5 Å². The Morgan fingerprint density at radius 1 is 1.00 bits per heavy atom. The topological polar surface area (TPSA) is 140 Å². The molecular formula is C28H27ClN6O5. The van der Waals surface area contributed by atoms with Crippen LogP contribution in [0.5, 0.6) is 0 Å². The van der Waals surface area contributed by atoms with Crippen molar-refractivity contribution >= 4 is 46.5 Å². The number of carboxylic acid groups (broad SMARTS) is 2. The minimum absolute atomic E-state index is 0.162. The van der Waals surface area contributed by atoms with Crippen LogP contribution < -0.4 is 10.2 Å². The maximum atomic E-state index is 13.3. The second kappa shape index (κ2) is 11.7. The Kier molecular flexibility index (Phi) is 7.94. The Bertz CT molecular complexity index is 1550. The fraction of sp³-hybridized carbons (Fsp3) is 0.250. The van der Waals surface area contributed by atoms with Gasteiger partial charge >= 0.3 is 11.9 Å². The number of carboxylic acids is 2. The number of carbonyl (C=O) groups excluding carboxylic acids is 1. The summed E-state index contributed by atoms with van der Waals surface area (Å²) >= 11 is 6.16. The number of aliphatic carboxylic acids is 2. The van der Waals surface area contributed by atoms with Gasteiger partial charge in [-0.25, -0.2) is 9.50 Å². The number of rotatable bonds is 9. The Hall–Kier alpha value is -4.48. The smallest absolute Gasteiger partial charge is 0.317 e. The molecule has 0 bridgehead atoms. The molecule has 206 valence electrons. The van der Waals surface area contributed by atoms with Gasteiger partial charge in [0.15, 0.2) is 5.65 Å². The van der Waals surface area contributed by atoms with Crippen molar-refractivity contribution in [2.45, 2.75) is 18.9 Å². The van der Waals surface area contributed by atoms with Crippen molar-refractivity contribution in [2.75, 3.05) is 36.4 Å². The third-order valence-electron chi connectivity index (χ3n) is 6.89. The van der Waals surface area contributed by atoms with Crippen LogP contribution in [0.1, 0.15) is 23.3 Å². The van der Waals surface area contributed by atoms with E-state index in [1.165, 1.54) is 4.90 Å². The number of nitrogens with one attached hydrogen (secondary N) is 1. The molecule has 0 saturated carbocycles. The summed E-state index contributed by atoms with van der Waals surface area (Å²) < 4.78 is 1.60. The van der Waals surface area contributed by atoms with Crippen LogP contribution in [-0.4, -0.2) is 79.8 Å². The summed E-state index contributed by atoms with van der Waals surface area (Å²) in [6, 6.07) is 16.2. The number of amides is 1. The van der Waals surface area contributed by atoms with Gasteiger partial charge in [-0.2, -0.15) is 5.10 Å². The summed E-state index contributed by atoms with van der Waals surface area (Å²) in [5.74, 6) is -2.49. The summed E-state index contributed by atoms with van der Waals surface area (Å²) in [5, 5.41) is 26.3. The van der Waals surface area contributed by atoms with E-state index in [1.54, 1.807) is 29.0 Å². The highest BCUT2D eigenvalue weighted by molar-refractivity contribution is 6.30. The molecule has 1 saturated heterocycles. The fourth-order valence-corrected chi connectivity index (χ4v) is 5.22. The Balaban J connectivity index is 1.32. The van der Waals surface area contributed by atoms with Crippen LogP contribution in [0.4, 0.5) is 11.4 Å². The van der Waals surface area contributed by atoms with Crippen molar-refractivity contribution in [2.24, 2.45) is 0 Å². The van der Waals surface area contributed by atoms with Crippen molar-refractivity contribution < 1.29 is 24.6 Å². The zero-order valence-corrected chi connectivity index (χ0v) is 22.2. The van der Waals surface area contributed by atoms with Crippen LogP contribution in [0.2, 0.25) is 5.02 Å². The predicted octanol–water partition coefficient (Wildman–Crippen LogP) is 3.74. The number of aromatic nitrogens is 3. The van der Waals surface area contributed by atoms with Gasteiger partial charge in [0.25, 0.3) is 5.91 Å². The lowest BCUT2D eigenvalue weighted by atomic mass is 10.0. The highest BCUT2D eigenvalue weighted by atomic mass is 35.5. The van der Waals surface area contributed by atoms with Crippen LogP contribution in [0.3, 0.4) is 0 Å². The summed E-state index contributed by atoms with van der Waals surface area (Å²) in [7, 11) is 0. The molecule has 1 fully saturated rings. The average Bonchev–Trinajstić information content (AvgIpc) is 3.36. The van der Waals surface area contributed by atoms with Gasteiger partial charge in [-0.3, -0.25) is 19.3 Å². The molecule has 0 spiro atoms. The highest BCUT2D eigenvalue weighted by Crippen LogP contribution is 2.30.